The van der Waals surface area contributed by atoms with E-state index in [4.69, 9.17) is 4.74 Å². The highest BCUT2D eigenvalue weighted by molar-refractivity contribution is 7.89. The number of sulfonamides is 1. The number of aromatic nitrogens is 1. The average Bonchev–Trinajstić information content (AvgIpc) is 3.15. The maximum Gasteiger partial charge on any atom is 0.243 e. The number of fused-ring (bicyclic) bond motifs is 1. The number of carbonyl (C=O) groups is 1. The fourth-order valence-corrected chi connectivity index (χ4v) is 5.95. The molecule has 1 unspecified atom stereocenters. The van der Waals surface area contributed by atoms with Gasteiger partial charge in [-0.3, -0.25) is 4.79 Å². The minimum absolute atomic E-state index is 0.167. The molecule has 1 aromatic heterocycles. The Morgan fingerprint density at radius 3 is 2.73 bits per heavy atom. The van der Waals surface area contributed by atoms with Gasteiger partial charge in [-0.25, -0.2) is 13.4 Å². The van der Waals surface area contributed by atoms with Crippen molar-refractivity contribution in [2.75, 3.05) is 25.5 Å². The number of benzene rings is 2. The van der Waals surface area contributed by atoms with Gasteiger partial charge in [0.05, 0.1) is 28.1 Å². The quantitative estimate of drug-likeness (QED) is 0.648. The van der Waals surface area contributed by atoms with E-state index in [1.165, 1.54) is 15.6 Å². The number of hydrogen-bond acceptors (Lipinski definition) is 6. The van der Waals surface area contributed by atoms with E-state index in [-0.39, 0.29) is 17.3 Å². The van der Waals surface area contributed by atoms with Crippen molar-refractivity contribution in [1.82, 2.24) is 9.29 Å². The highest BCUT2D eigenvalue weighted by Crippen LogP contribution is 2.30. The molecule has 158 valence electrons. The standard InChI is InChI=1S/C21H23N3O4S2/c1-14-5-8-17(9-6-14)30(26,27)24-11-3-4-15(13-24)20(25)23-21-22-18-10-7-16(28-2)12-19(18)29-21/h5-10,12,15H,3-4,11,13H2,1-2H3,(H,22,23,25). The largest absolute Gasteiger partial charge is 0.497 e. The van der Waals surface area contributed by atoms with E-state index in [1.54, 1.807) is 31.4 Å². The predicted octanol–water partition coefficient (Wildman–Crippen LogP) is 3.65. The number of hydrogen-bond donors (Lipinski definition) is 1. The zero-order chi connectivity index (χ0) is 21.3. The molecule has 7 nitrogen and oxygen atoms in total. The number of amides is 1. The molecule has 30 heavy (non-hydrogen) atoms. The van der Waals surface area contributed by atoms with Gasteiger partial charge in [-0.2, -0.15) is 4.31 Å². The van der Waals surface area contributed by atoms with Crippen LogP contribution < -0.4 is 10.1 Å². The summed E-state index contributed by atoms with van der Waals surface area (Å²) in [6.45, 7) is 2.50. The summed E-state index contributed by atoms with van der Waals surface area (Å²) in [7, 11) is -2.02. The SMILES string of the molecule is COc1ccc2nc(NC(=O)C3CCCN(S(=O)(=O)c4ccc(C)cc4)C3)sc2c1. The molecule has 1 aliphatic rings. The summed E-state index contributed by atoms with van der Waals surface area (Å²) in [5, 5.41) is 3.37. The lowest BCUT2D eigenvalue weighted by atomic mass is 9.99. The molecule has 4 rings (SSSR count). The Labute approximate surface area is 179 Å². The number of carbonyl (C=O) groups excluding carboxylic acids is 1. The zero-order valence-electron chi connectivity index (χ0n) is 16.8. The van der Waals surface area contributed by atoms with Crippen LogP contribution in [0.4, 0.5) is 5.13 Å². The van der Waals surface area contributed by atoms with Crippen LogP contribution in [0, 0.1) is 12.8 Å². The lowest BCUT2D eigenvalue weighted by Gasteiger charge is -2.31. The molecule has 0 aliphatic carbocycles. The van der Waals surface area contributed by atoms with Crippen molar-refractivity contribution in [3.05, 3.63) is 48.0 Å². The summed E-state index contributed by atoms with van der Waals surface area (Å²) in [6.07, 6.45) is 1.28. The molecule has 9 heteroatoms. The smallest absolute Gasteiger partial charge is 0.243 e. The van der Waals surface area contributed by atoms with E-state index in [2.05, 4.69) is 10.3 Å². The summed E-state index contributed by atoms with van der Waals surface area (Å²) in [5.74, 6) is 0.110. The molecule has 1 atom stereocenters. The number of nitrogens with zero attached hydrogens (tertiary/aromatic N) is 2. The molecule has 0 saturated carbocycles. The lowest BCUT2D eigenvalue weighted by Crippen LogP contribution is -2.43. The van der Waals surface area contributed by atoms with Crippen LogP contribution in [-0.4, -0.2) is 43.8 Å². The van der Waals surface area contributed by atoms with Gasteiger partial charge in [-0.05, 0) is 50.1 Å². The molecule has 1 N–H and O–H groups in total. The van der Waals surface area contributed by atoms with Crippen molar-refractivity contribution in [1.29, 1.82) is 0 Å². The first kappa shape index (κ1) is 20.8. The maximum absolute atomic E-state index is 13.0. The Bertz CT molecular complexity index is 1170. The van der Waals surface area contributed by atoms with Crippen LogP contribution in [0.2, 0.25) is 0 Å². The molecule has 3 aromatic rings. The summed E-state index contributed by atoms with van der Waals surface area (Å²) in [6, 6.07) is 12.3. The Kier molecular flexibility index (Phi) is 5.77. The van der Waals surface area contributed by atoms with Gasteiger partial charge in [0, 0.05) is 13.1 Å². The third kappa shape index (κ3) is 4.19. The summed E-state index contributed by atoms with van der Waals surface area (Å²) >= 11 is 1.37. The van der Waals surface area contributed by atoms with Crippen LogP contribution in [0.5, 0.6) is 5.75 Å². The third-order valence-electron chi connectivity index (χ3n) is 5.24. The number of piperidine rings is 1. The molecule has 2 heterocycles. The van der Waals surface area contributed by atoms with E-state index in [0.29, 0.717) is 24.5 Å². The van der Waals surface area contributed by atoms with E-state index in [1.807, 2.05) is 25.1 Å². The number of rotatable bonds is 5. The Morgan fingerprint density at radius 2 is 2.00 bits per heavy atom. The Balaban J connectivity index is 1.47. The molecule has 1 amide bonds. The van der Waals surface area contributed by atoms with Crippen molar-refractivity contribution in [3.8, 4) is 5.75 Å². The summed E-state index contributed by atoms with van der Waals surface area (Å²) in [4.78, 5) is 17.5. The van der Waals surface area contributed by atoms with Crippen LogP contribution in [0.15, 0.2) is 47.4 Å². The number of nitrogens with one attached hydrogen (secondary N) is 1. The van der Waals surface area contributed by atoms with Gasteiger partial charge in [0.15, 0.2) is 5.13 Å². The van der Waals surface area contributed by atoms with Gasteiger partial charge in [-0.1, -0.05) is 29.0 Å². The van der Waals surface area contributed by atoms with Gasteiger partial charge in [0.2, 0.25) is 15.9 Å². The highest BCUT2D eigenvalue weighted by Gasteiger charge is 2.33. The third-order valence-corrected chi connectivity index (χ3v) is 8.05. The van der Waals surface area contributed by atoms with Crippen molar-refractivity contribution >= 4 is 42.6 Å². The van der Waals surface area contributed by atoms with Crippen molar-refractivity contribution in [2.24, 2.45) is 5.92 Å². The number of anilines is 1. The first-order valence-electron chi connectivity index (χ1n) is 9.69. The van der Waals surface area contributed by atoms with E-state index in [9.17, 15) is 13.2 Å². The van der Waals surface area contributed by atoms with Gasteiger partial charge in [-0.15, -0.1) is 0 Å². The minimum atomic E-state index is -3.62. The fourth-order valence-electron chi connectivity index (χ4n) is 3.53. The van der Waals surface area contributed by atoms with E-state index in [0.717, 1.165) is 21.5 Å². The van der Waals surface area contributed by atoms with Gasteiger partial charge < -0.3 is 10.1 Å². The molecule has 1 aliphatic heterocycles. The van der Waals surface area contributed by atoms with Crippen LogP contribution in [0.3, 0.4) is 0 Å². The second-order valence-corrected chi connectivity index (χ2v) is 10.3. The molecule has 0 radical (unpaired) electrons. The number of methoxy groups -OCH3 is 1. The first-order chi connectivity index (χ1) is 14.4. The minimum Gasteiger partial charge on any atom is -0.497 e. The van der Waals surface area contributed by atoms with Crippen LogP contribution in [0.25, 0.3) is 10.2 Å². The second-order valence-electron chi connectivity index (χ2n) is 7.36. The molecular formula is C21H23N3O4S2. The summed E-state index contributed by atoms with van der Waals surface area (Å²) < 4.78 is 33.5. The predicted molar refractivity (Wildman–Crippen MR) is 117 cm³/mol. The van der Waals surface area contributed by atoms with Crippen LogP contribution >= 0.6 is 11.3 Å². The zero-order valence-corrected chi connectivity index (χ0v) is 18.4. The number of aryl methyl sites for hydroxylation is 1. The fraction of sp³-hybridized carbons (Fsp3) is 0.333. The Hall–Kier alpha value is -2.49. The lowest BCUT2D eigenvalue weighted by molar-refractivity contribution is -0.120. The van der Waals surface area contributed by atoms with Gasteiger partial charge in [0.25, 0.3) is 0 Å². The normalized spacial score (nSPS) is 17.7. The summed E-state index contributed by atoms with van der Waals surface area (Å²) in [5.41, 5.74) is 1.78. The second kappa shape index (κ2) is 8.33. The average molecular weight is 446 g/mol. The molecule has 1 fully saturated rings. The van der Waals surface area contributed by atoms with Crippen molar-refractivity contribution in [3.63, 3.8) is 0 Å². The Morgan fingerprint density at radius 1 is 1.23 bits per heavy atom. The van der Waals surface area contributed by atoms with Crippen LogP contribution in [-0.2, 0) is 14.8 Å². The highest BCUT2D eigenvalue weighted by atomic mass is 32.2. The number of ether oxygens (including phenoxy) is 1. The molecular weight excluding hydrogens is 422 g/mol. The first-order valence-corrected chi connectivity index (χ1v) is 11.9. The van der Waals surface area contributed by atoms with Gasteiger partial charge in [0.1, 0.15) is 5.75 Å². The topological polar surface area (TPSA) is 88.6 Å². The number of thiazole rings is 1. The van der Waals surface area contributed by atoms with Crippen LogP contribution in [0.1, 0.15) is 18.4 Å². The maximum atomic E-state index is 13.0. The van der Waals surface area contributed by atoms with E-state index < -0.39 is 15.9 Å². The molecule has 0 bridgehead atoms. The molecule has 0 spiro atoms. The monoisotopic (exact) mass is 445 g/mol. The van der Waals surface area contributed by atoms with Crippen molar-refractivity contribution < 1.29 is 17.9 Å². The van der Waals surface area contributed by atoms with E-state index >= 15 is 0 Å². The molecule has 2 aromatic carbocycles. The molecule has 1 saturated heterocycles. The van der Waals surface area contributed by atoms with Crippen molar-refractivity contribution in [2.45, 2.75) is 24.7 Å². The van der Waals surface area contributed by atoms with Gasteiger partial charge >= 0.3 is 0 Å².